The summed E-state index contributed by atoms with van der Waals surface area (Å²) in [7, 11) is 0. The molecule has 84 valence electrons. The molecule has 16 heavy (non-hydrogen) atoms. The molecule has 0 saturated carbocycles. The summed E-state index contributed by atoms with van der Waals surface area (Å²) in [5.41, 5.74) is 0.831. The van der Waals surface area contributed by atoms with Gasteiger partial charge in [-0.2, -0.15) is 5.01 Å². The van der Waals surface area contributed by atoms with Crippen molar-refractivity contribution in [1.29, 1.82) is 0 Å². The topological polar surface area (TPSA) is 54.8 Å². The first kappa shape index (κ1) is 10.6. The molecule has 0 spiro atoms. The van der Waals surface area contributed by atoms with Crippen LogP contribution in [0.25, 0.3) is 0 Å². The van der Waals surface area contributed by atoms with Gasteiger partial charge < -0.3 is 4.74 Å². The first-order chi connectivity index (χ1) is 7.72. The number of nitrogens with zero attached hydrogens (tertiary/aromatic N) is 3. The molecule has 0 bridgehead atoms. The number of hydrogen-bond acceptors (Lipinski definition) is 4. The molecule has 1 aromatic rings. The molecule has 0 fully saturated rings. The van der Waals surface area contributed by atoms with Crippen molar-refractivity contribution >= 4 is 11.8 Å². The Labute approximate surface area is 93.7 Å². The Bertz CT molecular complexity index is 416. The van der Waals surface area contributed by atoms with Gasteiger partial charge in [-0.25, -0.2) is 0 Å². The van der Waals surface area contributed by atoms with E-state index in [2.05, 4.69) is 10.1 Å². The highest BCUT2D eigenvalue weighted by atomic mass is 16.5. The zero-order valence-electron chi connectivity index (χ0n) is 9.25. The van der Waals surface area contributed by atoms with E-state index in [0.717, 1.165) is 5.56 Å². The highest BCUT2D eigenvalue weighted by Crippen LogP contribution is 2.19. The van der Waals surface area contributed by atoms with Gasteiger partial charge in [0, 0.05) is 31.3 Å². The van der Waals surface area contributed by atoms with Crippen LogP contribution in [0, 0.1) is 0 Å². The van der Waals surface area contributed by atoms with E-state index in [9.17, 15) is 4.79 Å². The fourth-order valence-electron chi connectivity index (χ4n) is 1.51. The molecule has 0 aromatic carbocycles. The van der Waals surface area contributed by atoms with Crippen LogP contribution in [-0.2, 0) is 9.53 Å². The zero-order chi connectivity index (χ0) is 11.5. The van der Waals surface area contributed by atoms with E-state index in [1.54, 1.807) is 24.5 Å². The SMILES string of the molecule is CCC1OC(c2ccncc2)=NN1C(C)=O. The number of pyridine rings is 1. The van der Waals surface area contributed by atoms with Crippen LogP contribution < -0.4 is 0 Å². The Hall–Kier alpha value is -1.91. The lowest BCUT2D eigenvalue weighted by Gasteiger charge is -2.16. The van der Waals surface area contributed by atoms with Crippen molar-refractivity contribution in [3.05, 3.63) is 30.1 Å². The van der Waals surface area contributed by atoms with Crippen molar-refractivity contribution in [3.8, 4) is 0 Å². The lowest BCUT2D eigenvalue weighted by Crippen LogP contribution is -2.31. The van der Waals surface area contributed by atoms with Crippen molar-refractivity contribution in [2.24, 2.45) is 5.10 Å². The third kappa shape index (κ3) is 1.88. The van der Waals surface area contributed by atoms with Crippen molar-refractivity contribution < 1.29 is 9.53 Å². The normalized spacial score (nSPS) is 19.2. The van der Waals surface area contributed by atoms with E-state index in [4.69, 9.17) is 4.74 Å². The molecule has 0 saturated heterocycles. The summed E-state index contributed by atoms with van der Waals surface area (Å²) in [5, 5.41) is 5.53. The molecule has 1 aromatic heterocycles. The van der Waals surface area contributed by atoms with Crippen LogP contribution in [0.15, 0.2) is 29.6 Å². The maximum Gasteiger partial charge on any atom is 0.242 e. The molecule has 0 N–H and O–H groups in total. The Morgan fingerprint density at radius 2 is 2.19 bits per heavy atom. The Morgan fingerprint density at radius 3 is 2.69 bits per heavy atom. The first-order valence-electron chi connectivity index (χ1n) is 5.18. The third-order valence-corrected chi connectivity index (χ3v) is 2.32. The van der Waals surface area contributed by atoms with E-state index in [1.807, 2.05) is 6.92 Å². The smallest absolute Gasteiger partial charge is 0.242 e. The fourth-order valence-corrected chi connectivity index (χ4v) is 1.51. The molecule has 5 heteroatoms. The minimum atomic E-state index is -0.291. The highest BCUT2D eigenvalue weighted by Gasteiger charge is 2.29. The number of carbonyl (C=O) groups is 1. The molecular formula is C11H13N3O2. The largest absolute Gasteiger partial charge is 0.450 e. The van der Waals surface area contributed by atoms with Crippen LogP contribution in [0.2, 0.25) is 0 Å². The summed E-state index contributed by atoms with van der Waals surface area (Å²) in [6, 6.07) is 3.60. The van der Waals surface area contributed by atoms with Gasteiger partial charge in [0.05, 0.1) is 0 Å². The number of hydrogen-bond donors (Lipinski definition) is 0. The van der Waals surface area contributed by atoms with E-state index in [0.29, 0.717) is 12.3 Å². The van der Waals surface area contributed by atoms with Gasteiger partial charge >= 0.3 is 0 Å². The van der Waals surface area contributed by atoms with Gasteiger partial charge in [0.1, 0.15) is 0 Å². The van der Waals surface area contributed by atoms with Gasteiger partial charge in [-0.05, 0) is 12.1 Å². The maximum absolute atomic E-state index is 11.3. The lowest BCUT2D eigenvalue weighted by molar-refractivity contribution is -0.135. The standard InChI is InChI=1S/C11H13N3O2/c1-3-10-14(8(2)15)13-11(16-10)9-4-6-12-7-5-9/h4-7,10H,3H2,1-2H3. The van der Waals surface area contributed by atoms with E-state index < -0.39 is 0 Å². The molecular weight excluding hydrogens is 206 g/mol. The molecule has 5 nitrogen and oxygen atoms in total. The molecule has 1 unspecified atom stereocenters. The van der Waals surface area contributed by atoms with Gasteiger partial charge in [0.15, 0.2) is 6.23 Å². The number of carbonyl (C=O) groups excluding carboxylic acids is 1. The maximum atomic E-state index is 11.3. The number of rotatable bonds is 2. The van der Waals surface area contributed by atoms with Gasteiger partial charge in [-0.15, -0.1) is 5.10 Å². The molecule has 1 aliphatic heterocycles. The zero-order valence-corrected chi connectivity index (χ0v) is 9.25. The number of aromatic nitrogens is 1. The van der Waals surface area contributed by atoms with Crippen molar-refractivity contribution in [1.82, 2.24) is 9.99 Å². The second-order valence-corrected chi connectivity index (χ2v) is 3.49. The lowest BCUT2D eigenvalue weighted by atomic mass is 10.3. The van der Waals surface area contributed by atoms with E-state index in [-0.39, 0.29) is 12.1 Å². The molecule has 1 amide bonds. The monoisotopic (exact) mass is 219 g/mol. The minimum Gasteiger partial charge on any atom is -0.450 e. The predicted octanol–water partition coefficient (Wildman–Crippen LogP) is 1.36. The summed E-state index contributed by atoms with van der Waals surface area (Å²) >= 11 is 0. The molecule has 1 aliphatic rings. The van der Waals surface area contributed by atoms with E-state index in [1.165, 1.54) is 11.9 Å². The number of ether oxygens (including phenoxy) is 1. The molecule has 0 radical (unpaired) electrons. The Morgan fingerprint density at radius 1 is 1.50 bits per heavy atom. The molecule has 0 aliphatic carbocycles. The van der Waals surface area contributed by atoms with Crippen molar-refractivity contribution in [2.75, 3.05) is 0 Å². The summed E-state index contributed by atoms with van der Waals surface area (Å²) in [4.78, 5) is 15.2. The van der Waals surface area contributed by atoms with Gasteiger partial charge in [0.25, 0.3) is 0 Å². The molecule has 2 heterocycles. The van der Waals surface area contributed by atoms with Crippen molar-refractivity contribution in [2.45, 2.75) is 26.5 Å². The van der Waals surface area contributed by atoms with Crippen LogP contribution in [0.5, 0.6) is 0 Å². The average Bonchev–Trinajstić information content (AvgIpc) is 2.74. The third-order valence-electron chi connectivity index (χ3n) is 2.32. The molecule has 2 rings (SSSR count). The fraction of sp³-hybridized carbons (Fsp3) is 0.364. The van der Waals surface area contributed by atoms with Crippen LogP contribution >= 0.6 is 0 Å². The second-order valence-electron chi connectivity index (χ2n) is 3.49. The minimum absolute atomic E-state index is 0.115. The summed E-state index contributed by atoms with van der Waals surface area (Å²) < 4.78 is 5.60. The van der Waals surface area contributed by atoms with Crippen LogP contribution in [-0.4, -0.2) is 28.0 Å². The predicted molar refractivity (Wildman–Crippen MR) is 58.5 cm³/mol. The summed E-state index contributed by atoms with van der Waals surface area (Å²) in [6.45, 7) is 3.43. The van der Waals surface area contributed by atoms with E-state index >= 15 is 0 Å². The molecule has 1 atom stereocenters. The number of hydrazone groups is 1. The average molecular weight is 219 g/mol. The van der Waals surface area contributed by atoms with Gasteiger partial charge in [-0.3, -0.25) is 9.78 Å². The van der Waals surface area contributed by atoms with Gasteiger partial charge in [-0.1, -0.05) is 6.92 Å². The van der Waals surface area contributed by atoms with Crippen LogP contribution in [0.4, 0.5) is 0 Å². The summed E-state index contributed by atoms with van der Waals surface area (Å²) in [6.07, 6.45) is 3.75. The first-order valence-corrected chi connectivity index (χ1v) is 5.18. The Kier molecular flexibility index (Phi) is 2.85. The van der Waals surface area contributed by atoms with Crippen LogP contribution in [0.1, 0.15) is 25.8 Å². The van der Waals surface area contributed by atoms with Crippen LogP contribution in [0.3, 0.4) is 0 Å². The summed E-state index contributed by atoms with van der Waals surface area (Å²) in [5.74, 6) is 0.361. The Balaban J connectivity index is 2.26. The van der Waals surface area contributed by atoms with Gasteiger partial charge in [0.2, 0.25) is 11.8 Å². The quantitative estimate of drug-likeness (QED) is 0.754. The highest BCUT2D eigenvalue weighted by molar-refractivity contribution is 5.96. The number of amides is 1. The van der Waals surface area contributed by atoms with Crippen molar-refractivity contribution in [3.63, 3.8) is 0 Å². The second kappa shape index (κ2) is 4.30.